The van der Waals surface area contributed by atoms with Gasteiger partial charge in [0.2, 0.25) is 0 Å². The number of methoxy groups -OCH3 is 1. The molecule has 0 radical (unpaired) electrons. The summed E-state index contributed by atoms with van der Waals surface area (Å²) in [6.07, 6.45) is 0. The maximum Gasteiger partial charge on any atom is 0.261 e. The van der Waals surface area contributed by atoms with E-state index in [-0.39, 0.29) is 11.9 Å². The van der Waals surface area contributed by atoms with Crippen LogP contribution in [0.2, 0.25) is 0 Å². The molecule has 2 rings (SSSR count). The summed E-state index contributed by atoms with van der Waals surface area (Å²) in [6.45, 7) is 8.36. The van der Waals surface area contributed by atoms with Gasteiger partial charge >= 0.3 is 0 Å². The molecule has 0 aliphatic rings. The lowest BCUT2D eigenvalue weighted by Gasteiger charge is -2.20. The molecule has 1 aromatic heterocycles. The normalized spacial score (nSPS) is 12.3. The van der Waals surface area contributed by atoms with Gasteiger partial charge in [-0.25, -0.2) is 0 Å². The predicted octanol–water partition coefficient (Wildman–Crippen LogP) is 4.68. The first kappa shape index (κ1) is 16.6. The van der Waals surface area contributed by atoms with Crippen molar-refractivity contribution in [3.63, 3.8) is 0 Å². The molecule has 0 aliphatic heterocycles. The van der Waals surface area contributed by atoms with E-state index in [4.69, 9.17) is 4.74 Å². The Morgan fingerprint density at radius 3 is 2.50 bits per heavy atom. The van der Waals surface area contributed by atoms with Crippen LogP contribution >= 0.6 is 11.3 Å². The van der Waals surface area contributed by atoms with Gasteiger partial charge in [0.05, 0.1) is 18.0 Å². The molecule has 3 nitrogen and oxygen atoms in total. The molecule has 0 bridgehead atoms. The van der Waals surface area contributed by atoms with Gasteiger partial charge in [0, 0.05) is 0 Å². The van der Waals surface area contributed by atoms with Crippen molar-refractivity contribution >= 4 is 17.2 Å². The van der Waals surface area contributed by atoms with Crippen molar-refractivity contribution in [2.24, 2.45) is 0 Å². The largest absolute Gasteiger partial charge is 0.496 e. The van der Waals surface area contributed by atoms with E-state index in [1.165, 1.54) is 16.9 Å². The van der Waals surface area contributed by atoms with Crippen LogP contribution in [0.25, 0.3) is 0 Å². The fourth-order valence-corrected chi connectivity index (χ4v) is 3.19. The highest BCUT2D eigenvalue weighted by Gasteiger charge is 2.17. The standard InChI is InChI=1S/C18H23NO2S/c1-11(2)14-10-15(12(3)9-16(14)21-5)13(4)19-18(20)17-7-6-8-22-17/h6-11,13H,1-5H3,(H,19,20). The van der Waals surface area contributed by atoms with Gasteiger partial charge in [-0.05, 0) is 60.0 Å². The van der Waals surface area contributed by atoms with Gasteiger partial charge < -0.3 is 10.1 Å². The fraction of sp³-hybridized carbons (Fsp3) is 0.389. The lowest BCUT2D eigenvalue weighted by Crippen LogP contribution is -2.26. The van der Waals surface area contributed by atoms with Crippen molar-refractivity contribution in [2.45, 2.75) is 39.7 Å². The van der Waals surface area contributed by atoms with Crippen LogP contribution in [0.15, 0.2) is 29.6 Å². The molecule has 1 N–H and O–H groups in total. The Hall–Kier alpha value is -1.81. The summed E-state index contributed by atoms with van der Waals surface area (Å²) < 4.78 is 5.48. The van der Waals surface area contributed by atoms with Crippen LogP contribution in [-0.2, 0) is 0 Å². The van der Waals surface area contributed by atoms with Gasteiger partial charge in [0.15, 0.2) is 0 Å². The van der Waals surface area contributed by atoms with Gasteiger partial charge in [-0.2, -0.15) is 0 Å². The zero-order valence-electron chi connectivity index (χ0n) is 13.8. The van der Waals surface area contributed by atoms with Gasteiger partial charge in [-0.15, -0.1) is 11.3 Å². The SMILES string of the molecule is COc1cc(C)c(C(C)NC(=O)c2cccs2)cc1C(C)C. The van der Waals surface area contributed by atoms with Gasteiger partial charge in [-0.3, -0.25) is 4.79 Å². The Morgan fingerprint density at radius 1 is 1.23 bits per heavy atom. The number of thiophene rings is 1. The maximum atomic E-state index is 12.2. The third-order valence-corrected chi connectivity index (χ3v) is 4.67. The summed E-state index contributed by atoms with van der Waals surface area (Å²) in [6, 6.07) is 7.89. The van der Waals surface area contributed by atoms with E-state index in [1.54, 1.807) is 7.11 Å². The van der Waals surface area contributed by atoms with Gasteiger partial charge in [-0.1, -0.05) is 19.9 Å². The number of rotatable bonds is 5. The topological polar surface area (TPSA) is 38.3 Å². The van der Waals surface area contributed by atoms with Crippen molar-refractivity contribution in [3.05, 3.63) is 51.2 Å². The van der Waals surface area contributed by atoms with Crippen LogP contribution in [0, 0.1) is 6.92 Å². The second kappa shape index (κ2) is 6.97. The molecule has 0 saturated carbocycles. The zero-order chi connectivity index (χ0) is 16.3. The van der Waals surface area contributed by atoms with E-state index in [0.717, 1.165) is 21.8 Å². The molecule has 1 amide bonds. The van der Waals surface area contributed by atoms with Crippen LogP contribution in [0.3, 0.4) is 0 Å². The average Bonchev–Trinajstić information content (AvgIpc) is 3.00. The summed E-state index contributed by atoms with van der Waals surface area (Å²) in [4.78, 5) is 13.0. The molecule has 118 valence electrons. The summed E-state index contributed by atoms with van der Waals surface area (Å²) in [5, 5.41) is 4.99. The zero-order valence-corrected chi connectivity index (χ0v) is 14.6. The third-order valence-electron chi connectivity index (χ3n) is 3.80. The lowest BCUT2D eigenvalue weighted by atomic mass is 9.93. The van der Waals surface area contributed by atoms with Crippen molar-refractivity contribution in [1.82, 2.24) is 5.32 Å². The Bertz CT molecular complexity index is 647. The number of carbonyl (C=O) groups excluding carboxylic acids is 1. The minimum atomic E-state index is -0.0435. The van der Waals surface area contributed by atoms with Crippen molar-refractivity contribution in [3.8, 4) is 5.75 Å². The van der Waals surface area contributed by atoms with E-state index >= 15 is 0 Å². The third kappa shape index (κ3) is 3.50. The van der Waals surface area contributed by atoms with Gasteiger partial charge in [0.25, 0.3) is 5.91 Å². The highest BCUT2D eigenvalue weighted by molar-refractivity contribution is 7.12. The van der Waals surface area contributed by atoms with E-state index in [2.05, 4.69) is 38.2 Å². The Labute approximate surface area is 136 Å². The number of amides is 1. The Kier molecular flexibility index (Phi) is 5.24. The van der Waals surface area contributed by atoms with Crippen LogP contribution in [0.5, 0.6) is 5.75 Å². The molecule has 1 atom stereocenters. The van der Waals surface area contributed by atoms with Crippen LogP contribution < -0.4 is 10.1 Å². The minimum absolute atomic E-state index is 0.0242. The van der Waals surface area contributed by atoms with Crippen molar-refractivity contribution in [1.29, 1.82) is 0 Å². The van der Waals surface area contributed by atoms with E-state index < -0.39 is 0 Å². The van der Waals surface area contributed by atoms with E-state index in [0.29, 0.717) is 5.92 Å². The fourth-order valence-electron chi connectivity index (χ4n) is 2.56. The molecule has 0 fully saturated rings. The first-order valence-electron chi connectivity index (χ1n) is 7.46. The molecule has 4 heteroatoms. The summed E-state index contributed by atoms with van der Waals surface area (Å²) in [7, 11) is 1.70. The van der Waals surface area contributed by atoms with Crippen LogP contribution in [0.1, 0.15) is 59.1 Å². The molecule has 0 aliphatic carbocycles. The number of hydrogen-bond donors (Lipinski definition) is 1. The Balaban J connectivity index is 2.27. The second-order valence-corrected chi connectivity index (χ2v) is 6.73. The first-order chi connectivity index (χ1) is 10.4. The molecular weight excluding hydrogens is 294 g/mol. The monoisotopic (exact) mass is 317 g/mol. The quantitative estimate of drug-likeness (QED) is 0.869. The Morgan fingerprint density at radius 2 is 1.95 bits per heavy atom. The highest BCUT2D eigenvalue weighted by atomic mass is 32.1. The number of carbonyl (C=O) groups is 1. The number of aryl methyl sites for hydroxylation is 1. The molecule has 1 unspecified atom stereocenters. The number of ether oxygens (including phenoxy) is 1. The predicted molar refractivity (Wildman–Crippen MR) is 92.0 cm³/mol. The average molecular weight is 317 g/mol. The van der Waals surface area contributed by atoms with Crippen LogP contribution in [-0.4, -0.2) is 13.0 Å². The van der Waals surface area contributed by atoms with Crippen molar-refractivity contribution in [2.75, 3.05) is 7.11 Å². The van der Waals surface area contributed by atoms with Gasteiger partial charge in [0.1, 0.15) is 5.75 Å². The van der Waals surface area contributed by atoms with Crippen molar-refractivity contribution < 1.29 is 9.53 Å². The lowest BCUT2D eigenvalue weighted by molar-refractivity contribution is 0.0944. The van der Waals surface area contributed by atoms with E-state index in [9.17, 15) is 4.79 Å². The second-order valence-electron chi connectivity index (χ2n) is 5.78. The maximum absolute atomic E-state index is 12.2. The van der Waals surface area contributed by atoms with Crippen LogP contribution in [0.4, 0.5) is 0 Å². The molecule has 2 aromatic rings. The molecule has 0 saturated heterocycles. The molecule has 22 heavy (non-hydrogen) atoms. The number of hydrogen-bond acceptors (Lipinski definition) is 3. The smallest absolute Gasteiger partial charge is 0.261 e. The molecule has 0 spiro atoms. The summed E-state index contributed by atoms with van der Waals surface area (Å²) in [5.41, 5.74) is 3.43. The first-order valence-corrected chi connectivity index (χ1v) is 8.34. The molecule has 1 heterocycles. The minimum Gasteiger partial charge on any atom is -0.496 e. The highest BCUT2D eigenvalue weighted by Crippen LogP contribution is 2.32. The van der Waals surface area contributed by atoms with E-state index in [1.807, 2.05) is 24.4 Å². The number of nitrogens with one attached hydrogen (secondary N) is 1. The summed E-state index contributed by atoms with van der Waals surface area (Å²) >= 11 is 1.45. The summed E-state index contributed by atoms with van der Waals surface area (Å²) in [5.74, 6) is 1.26. The number of benzene rings is 1. The molecular formula is C18H23NO2S. The molecule has 1 aromatic carbocycles.